The molecule has 1 aliphatic rings. The summed E-state index contributed by atoms with van der Waals surface area (Å²) in [6, 6.07) is 14.8. The summed E-state index contributed by atoms with van der Waals surface area (Å²) in [5.41, 5.74) is 4.52. The third-order valence-corrected chi connectivity index (χ3v) is 4.69. The van der Waals surface area contributed by atoms with Crippen LogP contribution in [0.1, 0.15) is 29.7 Å². The molecule has 0 spiro atoms. The molecule has 4 heteroatoms. The topological polar surface area (TPSA) is 41.1 Å². The zero-order valence-electron chi connectivity index (χ0n) is 11.8. The van der Waals surface area contributed by atoms with Crippen molar-refractivity contribution in [1.82, 2.24) is 5.32 Å². The fraction of sp³-hybridized carbons (Fsp3) is 0.235. The van der Waals surface area contributed by atoms with Gasteiger partial charge in [-0.1, -0.05) is 37.3 Å². The molecular weight excluding hydrogens is 375 g/mol. The summed E-state index contributed by atoms with van der Waals surface area (Å²) in [6.07, 6.45) is 0.480. The third-order valence-electron chi connectivity index (χ3n) is 3.71. The van der Waals surface area contributed by atoms with E-state index in [4.69, 9.17) is 0 Å². The van der Waals surface area contributed by atoms with E-state index in [0.717, 1.165) is 17.8 Å². The molecule has 3 rings (SSSR count). The number of rotatable bonds is 4. The molecule has 1 amide bonds. The molecule has 21 heavy (non-hydrogen) atoms. The Balaban J connectivity index is 2.01. The number of halogens is 1. The highest BCUT2D eigenvalue weighted by Crippen LogP contribution is 2.31. The van der Waals surface area contributed by atoms with E-state index in [2.05, 4.69) is 76.5 Å². The second kappa shape index (κ2) is 6.15. The van der Waals surface area contributed by atoms with Crippen molar-refractivity contribution in [3.63, 3.8) is 0 Å². The number of anilines is 1. The number of fused-ring (bicyclic) bond motifs is 1. The van der Waals surface area contributed by atoms with Crippen LogP contribution in [0.5, 0.6) is 0 Å². The molecule has 1 aliphatic heterocycles. The van der Waals surface area contributed by atoms with Gasteiger partial charge in [-0.15, -0.1) is 0 Å². The van der Waals surface area contributed by atoms with Crippen molar-refractivity contribution in [2.45, 2.75) is 19.4 Å². The summed E-state index contributed by atoms with van der Waals surface area (Å²) in [4.78, 5) is 11.5. The summed E-state index contributed by atoms with van der Waals surface area (Å²) in [5.74, 6) is 0.0800. The van der Waals surface area contributed by atoms with Crippen molar-refractivity contribution < 1.29 is 4.79 Å². The lowest BCUT2D eigenvalue weighted by atomic mass is 9.96. The van der Waals surface area contributed by atoms with Crippen LogP contribution in [0, 0.1) is 3.57 Å². The van der Waals surface area contributed by atoms with Gasteiger partial charge in [0, 0.05) is 9.26 Å². The van der Waals surface area contributed by atoms with Crippen LogP contribution in [-0.2, 0) is 11.2 Å². The average Bonchev–Trinajstić information content (AvgIpc) is 2.85. The monoisotopic (exact) mass is 392 g/mol. The van der Waals surface area contributed by atoms with Gasteiger partial charge in [0.2, 0.25) is 5.91 Å². The number of amides is 1. The molecule has 0 bridgehead atoms. The lowest BCUT2D eigenvalue weighted by Gasteiger charge is -2.21. The molecule has 108 valence electrons. The van der Waals surface area contributed by atoms with E-state index in [9.17, 15) is 4.79 Å². The van der Waals surface area contributed by atoms with Crippen LogP contribution in [0.25, 0.3) is 0 Å². The van der Waals surface area contributed by atoms with Crippen LogP contribution in [0.3, 0.4) is 0 Å². The number of carbonyl (C=O) groups is 1. The molecule has 2 aromatic carbocycles. The van der Waals surface area contributed by atoms with E-state index in [1.165, 1.54) is 14.7 Å². The summed E-state index contributed by atoms with van der Waals surface area (Å²) >= 11 is 2.38. The summed E-state index contributed by atoms with van der Waals surface area (Å²) < 4.78 is 1.25. The summed E-state index contributed by atoms with van der Waals surface area (Å²) in [7, 11) is 0. The minimum atomic E-state index is 0.0800. The lowest BCUT2D eigenvalue weighted by Crippen LogP contribution is -2.22. The van der Waals surface area contributed by atoms with E-state index in [1.807, 2.05) is 6.07 Å². The molecule has 0 saturated carbocycles. The second-order valence-electron chi connectivity index (χ2n) is 5.15. The molecule has 2 aromatic rings. The Morgan fingerprint density at radius 1 is 1.29 bits per heavy atom. The van der Waals surface area contributed by atoms with Gasteiger partial charge in [-0.25, -0.2) is 0 Å². The van der Waals surface area contributed by atoms with E-state index in [1.54, 1.807) is 0 Å². The van der Waals surface area contributed by atoms with Crippen molar-refractivity contribution >= 4 is 34.2 Å². The van der Waals surface area contributed by atoms with Crippen LogP contribution >= 0.6 is 22.6 Å². The smallest absolute Gasteiger partial charge is 0.228 e. The molecule has 1 heterocycles. The van der Waals surface area contributed by atoms with Gasteiger partial charge < -0.3 is 10.6 Å². The van der Waals surface area contributed by atoms with Crippen LogP contribution < -0.4 is 10.6 Å². The molecule has 0 radical (unpaired) electrons. The first-order chi connectivity index (χ1) is 10.2. The Morgan fingerprint density at radius 3 is 2.86 bits per heavy atom. The van der Waals surface area contributed by atoms with Gasteiger partial charge in [0.15, 0.2) is 0 Å². The highest BCUT2D eigenvalue weighted by atomic mass is 127. The van der Waals surface area contributed by atoms with Gasteiger partial charge in [-0.2, -0.15) is 0 Å². The van der Waals surface area contributed by atoms with Gasteiger partial charge in [0.05, 0.1) is 12.5 Å². The van der Waals surface area contributed by atoms with Gasteiger partial charge in [-0.3, -0.25) is 4.79 Å². The SMILES string of the molecule is CCNC(c1ccc2c(c1)CC(=O)N2)c1ccccc1I. The molecule has 0 aromatic heterocycles. The molecule has 0 saturated heterocycles. The lowest BCUT2D eigenvalue weighted by molar-refractivity contribution is -0.115. The van der Waals surface area contributed by atoms with Crippen molar-refractivity contribution in [2.75, 3.05) is 11.9 Å². The largest absolute Gasteiger partial charge is 0.326 e. The van der Waals surface area contributed by atoms with E-state index >= 15 is 0 Å². The Kier molecular flexibility index (Phi) is 4.26. The molecule has 0 fully saturated rings. The van der Waals surface area contributed by atoms with Gasteiger partial charge in [0.25, 0.3) is 0 Å². The van der Waals surface area contributed by atoms with Gasteiger partial charge in [0.1, 0.15) is 0 Å². The van der Waals surface area contributed by atoms with Crippen LogP contribution in [-0.4, -0.2) is 12.5 Å². The fourth-order valence-corrected chi connectivity index (χ4v) is 3.45. The van der Waals surface area contributed by atoms with E-state index in [-0.39, 0.29) is 11.9 Å². The number of nitrogens with one attached hydrogen (secondary N) is 2. The Bertz CT molecular complexity index is 684. The van der Waals surface area contributed by atoms with E-state index < -0.39 is 0 Å². The predicted octanol–water partition coefficient (Wildman–Crippen LogP) is 3.48. The number of hydrogen-bond donors (Lipinski definition) is 2. The highest BCUT2D eigenvalue weighted by Gasteiger charge is 2.21. The quantitative estimate of drug-likeness (QED) is 0.783. The molecule has 3 nitrogen and oxygen atoms in total. The first kappa shape index (κ1) is 14.5. The molecule has 0 aliphatic carbocycles. The summed E-state index contributed by atoms with van der Waals surface area (Å²) in [6.45, 7) is 3.01. The molecule has 1 unspecified atom stereocenters. The molecular formula is C17H17IN2O. The average molecular weight is 392 g/mol. The van der Waals surface area contributed by atoms with Crippen molar-refractivity contribution in [3.8, 4) is 0 Å². The number of carbonyl (C=O) groups excluding carboxylic acids is 1. The predicted molar refractivity (Wildman–Crippen MR) is 93.5 cm³/mol. The Hall–Kier alpha value is -1.40. The Labute approximate surface area is 138 Å². The molecule has 2 N–H and O–H groups in total. The summed E-state index contributed by atoms with van der Waals surface area (Å²) in [5, 5.41) is 6.43. The zero-order valence-corrected chi connectivity index (χ0v) is 14.0. The van der Waals surface area contributed by atoms with Crippen molar-refractivity contribution in [1.29, 1.82) is 0 Å². The fourth-order valence-electron chi connectivity index (χ4n) is 2.75. The minimum Gasteiger partial charge on any atom is -0.326 e. The molecule has 1 atom stereocenters. The second-order valence-corrected chi connectivity index (χ2v) is 6.32. The first-order valence-electron chi connectivity index (χ1n) is 7.09. The Morgan fingerprint density at radius 2 is 2.10 bits per heavy atom. The van der Waals surface area contributed by atoms with Crippen LogP contribution in [0.2, 0.25) is 0 Å². The van der Waals surface area contributed by atoms with Crippen LogP contribution in [0.15, 0.2) is 42.5 Å². The number of benzene rings is 2. The minimum absolute atomic E-state index is 0.0800. The van der Waals surface area contributed by atoms with Crippen LogP contribution in [0.4, 0.5) is 5.69 Å². The van der Waals surface area contributed by atoms with Crippen molar-refractivity contribution in [2.24, 2.45) is 0 Å². The normalized spacial score (nSPS) is 14.7. The van der Waals surface area contributed by atoms with E-state index in [0.29, 0.717) is 6.42 Å². The maximum atomic E-state index is 11.5. The zero-order chi connectivity index (χ0) is 14.8. The van der Waals surface area contributed by atoms with Gasteiger partial charge in [-0.05, 0) is 58.0 Å². The standard InChI is InChI=1S/C17H17IN2O/c1-2-19-17(13-5-3-4-6-14(13)18)11-7-8-15-12(9-11)10-16(21)20-15/h3-9,17,19H,2,10H2,1H3,(H,20,21). The number of hydrogen-bond acceptors (Lipinski definition) is 2. The third kappa shape index (κ3) is 2.96. The maximum Gasteiger partial charge on any atom is 0.228 e. The van der Waals surface area contributed by atoms with Gasteiger partial charge >= 0.3 is 0 Å². The first-order valence-corrected chi connectivity index (χ1v) is 8.17. The maximum absolute atomic E-state index is 11.5. The highest BCUT2D eigenvalue weighted by molar-refractivity contribution is 14.1. The van der Waals surface area contributed by atoms with Crippen molar-refractivity contribution in [3.05, 3.63) is 62.7 Å².